The van der Waals surface area contributed by atoms with E-state index in [4.69, 9.17) is 0 Å². The minimum Gasteiger partial charge on any atom is -0.313 e. The van der Waals surface area contributed by atoms with E-state index in [1.54, 1.807) is 0 Å². The van der Waals surface area contributed by atoms with E-state index in [1.807, 2.05) is 12.2 Å². The third-order valence-corrected chi connectivity index (χ3v) is 4.16. The SMILES string of the molecule is C=CCN(CC=C)CC1CCC(C)(C)C1NCC. The van der Waals surface area contributed by atoms with Gasteiger partial charge >= 0.3 is 0 Å². The summed E-state index contributed by atoms with van der Waals surface area (Å²) >= 11 is 0. The minimum atomic E-state index is 0.425. The maximum absolute atomic E-state index is 3.85. The summed E-state index contributed by atoms with van der Waals surface area (Å²) in [7, 11) is 0. The largest absolute Gasteiger partial charge is 0.313 e. The summed E-state index contributed by atoms with van der Waals surface area (Å²) in [5.74, 6) is 0.750. The molecular weight excluding hydrogens is 220 g/mol. The van der Waals surface area contributed by atoms with Gasteiger partial charge in [-0.05, 0) is 30.7 Å². The van der Waals surface area contributed by atoms with E-state index in [0.717, 1.165) is 32.1 Å². The van der Waals surface area contributed by atoms with Crippen molar-refractivity contribution < 1.29 is 0 Å². The lowest BCUT2D eigenvalue weighted by atomic mass is 9.84. The molecule has 2 unspecified atom stereocenters. The van der Waals surface area contributed by atoms with Gasteiger partial charge in [0.25, 0.3) is 0 Å². The first-order chi connectivity index (χ1) is 8.55. The van der Waals surface area contributed by atoms with Crippen LogP contribution in [0.2, 0.25) is 0 Å². The van der Waals surface area contributed by atoms with Crippen molar-refractivity contribution in [3.63, 3.8) is 0 Å². The molecule has 0 aromatic heterocycles. The van der Waals surface area contributed by atoms with E-state index in [0.29, 0.717) is 11.5 Å². The molecule has 1 saturated carbocycles. The summed E-state index contributed by atoms with van der Waals surface area (Å²) < 4.78 is 0. The lowest BCUT2D eigenvalue weighted by Gasteiger charge is -2.33. The van der Waals surface area contributed by atoms with E-state index in [-0.39, 0.29) is 0 Å². The number of hydrogen-bond donors (Lipinski definition) is 1. The average molecular weight is 250 g/mol. The molecule has 1 N–H and O–H groups in total. The molecule has 0 aromatic carbocycles. The summed E-state index contributed by atoms with van der Waals surface area (Å²) in [6.45, 7) is 18.8. The third-order valence-electron chi connectivity index (χ3n) is 4.16. The number of rotatable bonds is 8. The molecule has 0 amide bonds. The van der Waals surface area contributed by atoms with Gasteiger partial charge in [0.05, 0.1) is 0 Å². The second-order valence-electron chi connectivity index (χ2n) is 6.12. The molecule has 1 aliphatic rings. The molecule has 1 aliphatic carbocycles. The first kappa shape index (κ1) is 15.5. The standard InChI is InChI=1S/C16H30N2/c1-6-11-18(12-7-2)13-14-9-10-16(4,5)15(14)17-8-3/h6-7,14-15,17H,1-2,8-13H2,3-5H3. The lowest BCUT2D eigenvalue weighted by molar-refractivity contribution is 0.204. The normalized spacial score (nSPS) is 26.4. The van der Waals surface area contributed by atoms with Gasteiger partial charge in [-0.1, -0.05) is 32.9 Å². The number of nitrogens with zero attached hydrogens (tertiary/aromatic N) is 1. The van der Waals surface area contributed by atoms with Crippen LogP contribution in [-0.2, 0) is 0 Å². The van der Waals surface area contributed by atoms with Crippen LogP contribution in [0.3, 0.4) is 0 Å². The van der Waals surface area contributed by atoms with Crippen LogP contribution in [0.25, 0.3) is 0 Å². The monoisotopic (exact) mass is 250 g/mol. The minimum absolute atomic E-state index is 0.425. The Morgan fingerprint density at radius 3 is 2.39 bits per heavy atom. The highest BCUT2D eigenvalue weighted by molar-refractivity contribution is 4.97. The van der Waals surface area contributed by atoms with Crippen molar-refractivity contribution in [1.29, 1.82) is 0 Å². The lowest BCUT2D eigenvalue weighted by Crippen LogP contribution is -2.45. The second-order valence-corrected chi connectivity index (χ2v) is 6.12. The molecule has 0 aliphatic heterocycles. The van der Waals surface area contributed by atoms with Crippen LogP contribution >= 0.6 is 0 Å². The zero-order valence-electron chi connectivity index (χ0n) is 12.4. The molecule has 0 heterocycles. The highest BCUT2D eigenvalue weighted by Crippen LogP contribution is 2.41. The molecule has 0 saturated heterocycles. The third kappa shape index (κ3) is 3.96. The fraction of sp³-hybridized carbons (Fsp3) is 0.750. The van der Waals surface area contributed by atoms with Crippen molar-refractivity contribution in [2.45, 2.75) is 39.7 Å². The molecule has 2 nitrogen and oxygen atoms in total. The highest BCUT2D eigenvalue weighted by Gasteiger charge is 2.41. The summed E-state index contributed by atoms with van der Waals surface area (Å²) in [5.41, 5.74) is 0.425. The topological polar surface area (TPSA) is 15.3 Å². The van der Waals surface area contributed by atoms with Gasteiger partial charge in [0.15, 0.2) is 0 Å². The van der Waals surface area contributed by atoms with Gasteiger partial charge in [-0.3, -0.25) is 4.90 Å². The maximum atomic E-state index is 3.85. The van der Waals surface area contributed by atoms with Crippen molar-refractivity contribution >= 4 is 0 Å². The maximum Gasteiger partial charge on any atom is 0.0164 e. The Morgan fingerprint density at radius 1 is 1.28 bits per heavy atom. The van der Waals surface area contributed by atoms with Gasteiger partial charge in [-0.25, -0.2) is 0 Å². The van der Waals surface area contributed by atoms with E-state index < -0.39 is 0 Å². The first-order valence-electron chi connectivity index (χ1n) is 7.22. The highest BCUT2D eigenvalue weighted by atomic mass is 15.1. The summed E-state index contributed by atoms with van der Waals surface area (Å²) in [4.78, 5) is 2.44. The molecule has 104 valence electrons. The Balaban J connectivity index is 2.63. The quantitative estimate of drug-likeness (QED) is 0.666. The molecule has 0 bridgehead atoms. The van der Waals surface area contributed by atoms with Gasteiger partial charge in [-0.2, -0.15) is 0 Å². The molecular formula is C16H30N2. The smallest absolute Gasteiger partial charge is 0.0164 e. The fourth-order valence-electron chi connectivity index (χ4n) is 3.30. The van der Waals surface area contributed by atoms with Crippen LogP contribution in [0.1, 0.15) is 33.6 Å². The van der Waals surface area contributed by atoms with Crippen molar-refractivity contribution in [3.05, 3.63) is 25.3 Å². The summed E-state index contributed by atoms with van der Waals surface area (Å²) in [6, 6.07) is 0.639. The van der Waals surface area contributed by atoms with Crippen LogP contribution < -0.4 is 5.32 Å². The molecule has 0 spiro atoms. The fourth-order valence-corrected chi connectivity index (χ4v) is 3.30. The Morgan fingerprint density at radius 2 is 1.89 bits per heavy atom. The van der Waals surface area contributed by atoms with E-state index >= 15 is 0 Å². The van der Waals surface area contributed by atoms with Crippen LogP contribution in [0, 0.1) is 11.3 Å². The Kier molecular flexibility index (Phi) is 6.10. The van der Waals surface area contributed by atoms with Gasteiger partial charge in [0.1, 0.15) is 0 Å². The van der Waals surface area contributed by atoms with Crippen LogP contribution in [0.5, 0.6) is 0 Å². The predicted molar refractivity (Wildman–Crippen MR) is 80.8 cm³/mol. The molecule has 1 fully saturated rings. The van der Waals surface area contributed by atoms with Crippen LogP contribution in [-0.4, -0.2) is 37.1 Å². The van der Waals surface area contributed by atoms with Crippen LogP contribution in [0.15, 0.2) is 25.3 Å². The Bertz CT molecular complexity index is 260. The van der Waals surface area contributed by atoms with E-state index in [2.05, 4.69) is 44.1 Å². The predicted octanol–water partition coefficient (Wildman–Crippen LogP) is 3.07. The molecule has 0 aromatic rings. The molecule has 18 heavy (non-hydrogen) atoms. The van der Waals surface area contributed by atoms with Gasteiger partial charge in [-0.15, -0.1) is 13.2 Å². The zero-order valence-corrected chi connectivity index (χ0v) is 12.4. The van der Waals surface area contributed by atoms with E-state index in [1.165, 1.54) is 12.8 Å². The van der Waals surface area contributed by atoms with Gasteiger partial charge < -0.3 is 5.32 Å². The molecule has 0 radical (unpaired) electrons. The molecule has 1 rings (SSSR count). The summed E-state index contributed by atoms with van der Waals surface area (Å²) in [5, 5.41) is 3.70. The zero-order chi connectivity index (χ0) is 13.6. The molecule has 2 atom stereocenters. The van der Waals surface area contributed by atoms with Crippen molar-refractivity contribution in [1.82, 2.24) is 10.2 Å². The van der Waals surface area contributed by atoms with Crippen molar-refractivity contribution in [2.75, 3.05) is 26.2 Å². The van der Waals surface area contributed by atoms with Crippen LogP contribution in [0.4, 0.5) is 0 Å². The Hall–Kier alpha value is -0.600. The Labute approximate surface area is 113 Å². The second kappa shape index (κ2) is 7.10. The average Bonchev–Trinajstić information content (AvgIpc) is 2.58. The first-order valence-corrected chi connectivity index (χ1v) is 7.22. The van der Waals surface area contributed by atoms with E-state index in [9.17, 15) is 0 Å². The number of nitrogens with one attached hydrogen (secondary N) is 1. The van der Waals surface area contributed by atoms with Crippen molar-refractivity contribution in [2.24, 2.45) is 11.3 Å². The van der Waals surface area contributed by atoms with Crippen molar-refractivity contribution in [3.8, 4) is 0 Å². The van der Waals surface area contributed by atoms with Gasteiger partial charge in [0.2, 0.25) is 0 Å². The summed E-state index contributed by atoms with van der Waals surface area (Å²) in [6.07, 6.45) is 6.64. The molecule has 2 heteroatoms. The van der Waals surface area contributed by atoms with Gasteiger partial charge in [0, 0.05) is 25.7 Å². The number of hydrogen-bond acceptors (Lipinski definition) is 2.